The third-order valence-electron chi connectivity index (χ3n) is 5.45. The van der Waals surface area contributed by atoms with Crippen molar-refractivity contribution in [2.45, 2.75) is 26.7 Å². The zero-order valence-electron chi connectivity index (χ0n) is 15.8. The number of fused-ring (bicyclic) bond motifs is 1. The molecule has 0 saturated carbocycles. The van der Waals surface area contributed by atoms with Gasteiger partial charge in [0.05, 0.1) is 23.1 Å². The molecule has 0 bridgehead atoms. The number of aryl methyl sites for hydroxylation is 1. The maximum Gasteiger partial charge on any atom is 0.278 e. The molecule has 0 aromatic heterocycles. The molecule has 1 saturated heterocycles. The summed E-state index contributed by atoms with van der Waals surface area (Å²) in [6.45, 7) is 6.96. The van der Waals surface area contributed by atoms with Crippen LogP contribution in [0, 0.1) is 12.8 Å². The van der Waals surface area contributed by atoms with Crippen molar-refractivity contribution in [3.63, 3.8) is 0 Å². The smallest absolute Gasteiger partial charge is 0.278 e. The second kappa shape index (κ2) is 7.45. The monoisotopic (exact) mass is 381 g/mol. The molecule has 4 rings (SSSR count). The summed E-state index contributed by atoms with van der Waals surface area (Å²) in [7, 11) is 0. The molecule has 5 heteroatoms. The van der Waals surface area contributed by atoms with Crippen LogP contribution < -0.4 is 4.90 Å². The molecular formula is C22H24ClN3O. The Hall–Kier alpha value is -2.17. The van der Waals surface area contributed by atoms with E-state index in [9.17, 15) is 4.79 Å². The third kappa shape index (κ3) is 3.64. The molecule has 2 aliphatic rings. The van der Waals surface area contributed by atoms with Gasteiger partial charge in [-0.05, 0) is 49.4 Å². The van der Waals surface area contributed by atoms with Gasteiger partial charge in [0.25, 0.3) is 5.91 Å². The quantitative estimate of drug-likeness (QED) is 0.765. The van der Waals surface area contributed by atoms with Crippen LogP contribution in [0.4, 0.5) is 11.4 Å². The van der Waals surface area contributed by atoms with Gasteiger partial charge in [-0.2, -0.15) is 0 Å². The van der Waals surface area contributed by atoms with Crippen molar-refractivity contribution in [2.75, 3.05) is 24.7 Å². The summed E-state index contributed by atoms with van der Waals surface area (Å²) < 4.78 is 0. The molecule has 27 heavy (non-hydrogen) atoms. The Labute approximate surface area is 165 Å². The fourth-order valence-electron chi connectivity index (χ4n) is 3.74. The number of hydrogen-bond donors (Lipinski definition) is 0. The van der Waals surface area contributed by atoms with Crippen LogP contribution in [0.3, 0.4) is 0 Å². The van der Waals surface area contributed by atoms with Crippen molar-refractivity contribution in [3.8, 4) is 0 Å². The average molecular weight is 382 g/mol. The van der Waals surface area contributed by atoms with E-state index in [1.54, 1.807) is 0 Å². The Morgan fingerprint density at radius 3 is 2.63 bits per heavy atom. The predicted octanol–water partition coefficient (Wildman–Crippen LogP) is 4.81. The van der Waals surface area contributed by atoms with Crippen LogP contribution in [0.1, 0.15) is 30.9 Å². The Kier molecular flexibility index (Phi) is 5.02. The van der Waals surface area contributed by atoms with E-state index in [4.69, 9.17) is 11.6 Å². The number of hydrogen-bond acceptors (Lipinski definition) is 3. The zero-order chi connectivity index (χ0) is 19.0. The average Bonchev–Trinajstić information content (AvgIpc) is 2.91. The van der Waals surface area contributed by atoms with E-state index in [-0.39, 0.29) is 5.91 Å². The molecule has 0 radical (unpaired) electrons. The number of anilines is 1. The van der Waals surface area contributed by atoms with Crippen LogP contribution >= 0.6 is 11.6 Å². The maximum absolute atomic E-state index is 13.2. The topological polar surface area (TPSA) is 35.9 Å². The predicted molar refractivity (Wildman–Crippen MR) is 111 cm³/mol. The number of halogens is 1. The first-order chi connectivity index (χ1) is 13.0. The number of benzene rings is 2. The van der Waals surface area contributed by atoms with Crippen LogP contribution in [-0.2, 0) is 4.79 Å². The van der Waals surface area contributed by atoms with E-state index in [0.717, 1.165) is 35.8 Å². The Balaban J connectivity index is 1.66. The van der Waals surface area contributed by atoms with Crippen LogP contribution in [0.5, 0.6) is 0 Å². The number of carbonyl (C=O) groups is 1. The summed E-state index contributed by atoms with van der Waals surface area (Å²) in [6, 6.07) is 13.6. The number of carbonyl (C=O) groups excluding carboxylic acids is 1. The lowest BCUT2D eigenvalue weighted by Crippen LogP contribution is -2.44. The summed E-state index contributed by atoms with van der Waals surface area (Å²) in [5.41, 5.74) is 3.99. The molecule has 0 aliphatic carbocycles. The van der Waals surface area contributed by atoms with Crippen LogP contribution in [0.2, 0.25) is 5.02 Å². The molecule has 0 N–H and O–H groups in total. The standard InChI is InChI=1S/C22H24ClN3O/c1-15-9-11-25(12-10-15)14-26-20-6-4-3-5-17(20)21(22(26)27)24-19-8-7-16(2)13-18(19)23/h3-8,13,15H,9-12,14H2,1-2H3. The SMILES string of the molecule is Cc1ccc(N=C2C(=O)N(CN3CCC(C)CC3)c3ccccc32)c(Cl)c1. The van der Waals surface area contributed by atoms with Gasteiger partial charge in [0.2, 0.25) is 0 Å². The molecule has 0 spiro atoms. The first kappa shape index (κ1) is 18.2. The summed E-state index contributed by atoms with van der Waals surface area (Å²) >= 11 is 6.35. The van der Waals surface area contributed by atoms with Gasteiger partial charge in [-0.15, -0.1) is 0 Å². The summed E-state index contributed by atoms with van der Waals surface area (Å²) in [6.07, 6.45) is 2.37. The number of para-hydroxylation sites is 1. The maximum atomic E-state index is 13.2. The molecule has 2 aliphatic heterocycles. The van der Waals surface area contributed by atoms with Gasteiger partial charge < -0.3 is 0 Å². The number of nitrogens with zero attached hydrogens (tertiary/aromatic N) is 3. The van der Waals surface area contributed by atoms with E-state index >= 15 is 0 Å². The highest BCUT2D eigenvalue weighted by Crippen LogP contribution is 2.33. The molecule has 0 unspecified atom stereocenters. The number of rotatable bonds is 3. The fraction of sp³-hybridized carbons (Fsp3) is 0.364. The normalized spacial score (nSPS) is 19.7. The first-order valence-electron chi connectivity index (χ1n) is 9.51. The van der Waals surface area contributed by atoms with Gasteiger partial charge in [0.15, 0.2) is 0 Å². The van der Waals surface area contributed by atoms with Crippen molar-refractivity contribution in [2.24, 2.45) is 10.9 Å². The van der Waals surface area contributed by atoms with Crippen molar-refractivity contribution < 1.29 is 4.79 Å². The number of piperidine rings is 1. The minimum absolute atomic E-state index is 0.0496. The van der Waals surface area contributed by atoms with Gasteiger partial charge >= 0.3 is 0 Å². The molecule has 1 amide bonds. The van der Waals surface area contributed by atoms with Gasteiger partial charge in [-0.1, -0.05) is 42.8 Å². The number of aliphatic imine (C=N–C) groups is 1. The highest BCUT2D eigenvalue weighted by Gasteiger charge is 2.35. The minimum atomic E-state index is -0.0496. The molecular weight excluding hydrogens is 358 g/mol. The van der Waals surface area contributed by atoms with Gasteiger partial charge in [-0.25, -0.2) is 4.99 Å². The molecule has 2 aromatic carbocycles. The number of likely N-dealkylation sites (tertiary alicyclic amines) is 1. The molecule has 4 nitrogen and oxygen atoms in total. The molecule has 140 valence electrons. The molecule has 1 fully saturated rings. The lowest BCUT2D eigenvalue weighted by molar-refractivity contribution is -0.112. The van der Waals surface area contributed by atoms with Gasteiger partial charge in [0, 0.05) is 18.7 Å². The molecule has 2 heterocycles. The van der Waals surface area contributed by atoms with Crippen molar-refractivity contribution in [1.29, 1.82) is 0 Å². The highest BCUT2D eigenvalue weighted by molar-refractivity contribution is 6.54. The minimum Gasteiger partial charge on any atom is -0.293 e. The van der Waals surface area contributed by atoms with E-state index in [0.29, 0.717) is 23.1 Å². The second-order valence-electron chi connectivity index (χ2n) is 7.61. The van der Waals surface area contributed by atoms with E-state index in [2.05, 4.69) is 16.8 Å². The summed E-state index contributed by atoms with van der Waals surface area (Å²) in [5, 5.41) is 0.566. The second-order valence-corrected chi connectivity index (χ2v) is 8.01. The lowest BCUT2D eigenvalue weighted by Gasteiger charge is -2.33. The largest absolute Gasteiger partial charge is 0.293 e. The van der Waals surface area contributed by atoms with E-state index < -0.39 is 0 Å². The van der Waals surface area contributed by atoms with Crippen molar-refractivity contribution in [1.82, 2.24) is 4.90 Å². The summed E-state index contributed by atoms with van der Waals surface area (Å²) in [4.78, 5) is 22.1. The van der Waals surface area contributed by atoms with Crippen LogP contribution in [-0.4, -0.2) is 36.3 Å². The van der Waals surface area contributed by atoms with E-state index in [1.807, 2.05) is 54.3 Å². The Morgan fingerprint density at radius 1 is 1.15 bits per heavy atom. The third-order valence-corrected chi connectivity index (χ3v) is 5.75. The van der Waals surface area contributed by atoms with Gasteiger partial charge in [-0.3, -0.25) is 14.6 Å². The first-order valence-corrected chi connectivity index (χ1v) is 9.89. The fourth-order valence-corrected chi connectivity index (χ4v) is 4.01. The van der Waals surface area contributed by atoms with Crippen LogP contribution in [0.15, 0.2) is 47.5 Å². The lowest BCUT2D eigenvalue weighted by atomic mass is 10.00. The zero-order valence-corrected chi connectivity index (χ0v) is 16.5. The molecule has 2 aromatic rings. The van der Waals surface area contributed by atoms with Crippen LogP contribution in [0.25, 0.3) is 0 Å². The summed E-state index contributed by atoms with van der Waals surface area (Å²) in [5.74, 6) is 0.718. The number of amides is 1. The highest BCUT2D eigenvalue weighted by atomic mass is 35.5. The Bertz CT molecular complexity index is 900. The van der Waals surface area contributed by atoms with E-state index in [1.165, 1.54) is 12.8 Å². The Morgan fingerprint density at radius 2 is 1.89 bits per heavy atom. The van der Waals surface area contributed by atoms with Crippen molar-refractivity contribution in [3.05, 3.63) is 58.6 Å². The van der Waals surface area contributed by atoms with Crippen molar-refractivity contribution >= 4 is 34.6 Å². The molecule has 0 atom stereocenters. The van der Waals surface area contributed by atoms with Gasteiger partial charge in [0.1, 0.15) is 5.71 Å².